The summed E-state index contributed by atoms with van der Waals surface area (Å²) in [7, 11) is 0. The van der Waals surface area contributed by atoms with Gasteiger partial charge in [0.15, 0.2) is 0 Å². The summed E-state index contributed by atoms with van der Waals surface area (Å²) in [6, 6.07) is 3.98. The van der Waals surface area contributed by atoms with Crippen molar-refractivity contribution < 1.29 is 0 Å². The van der Waals surface area contributed by atoms with E-state index in [-0.39, 0.29) is 17.7 Å². The van der Waals surface area contributed by atoms with Gasteiger partial charge in [0.25, 0.3) is 0 Å². The van der Waals surface area contributed by atoms with Gasteiger partial charge in [-0.15, -0.1) is 12.4 Å². The van der Waals surface area contributed by atoms with Crippen molar-refractivity contribution in [3.63, 3.8) is 0 Å². The lowest BCUT2D eigenvalue weighted by Crippen LogP contribution is -2.07. The van der Waals surface area contributed by atoms with E-state index in [9.17, 15) is 0 Å². The van der Waals surface area contributed by atoms with Crippen LogP contribution in [0.3, 0.4) is 0 Å². The summed E-state index contributed by atoms with van der Waals surface area (Å²) in [4.78, 5) is 11.9. The van der Waals surface area contributed by atoms with E-state index >= 15 is 0 Å². The predicted octanol–water partition coefficient (Wildman–Crippen LogP) is 3.36. The molecule has 2 rings (SSSR count). The van der Waals surface area contributed by atoms with Crippen molar-refractivity contribution >= 4 is 45.8 Å². The van der Waals surface area contributed by atoms with Crippen LogP contribution in [0.1, 0.15) is 5.56 Å². The van der Waals surface area contributed by atoms with Crippen molar-refractivity contribution in [3.8, 4) is 0 Å². The molecular weight excluding hydrogens is 339 g/mol. The lowest BCUT2D eigenvalue weighted by molar-refractivity contribution is 0.990. The van der Waals surface area contributed by atoms with Crippen LogP contribution in [0.4, 0.5) is 5.82 Å². The number of hydrogen-bond donors (Lipinski definition) is 1. The van der Waals surface area contributed by atoms with Crippen LogP contribution in [-0.4, -0.2) is 21.5 Å². The van der Waals surface area contributed by atoms with E-state index in [1.807, 2.05) is 12.1 Å². The topological polar surface area (TPSA) is 50.7 Å². The smallest absolute Gasteiger partial charge is 0.224 e. The van der Waals surface area contributed by atoms with E-state index in [1.165, 1.54) is 5.56 Å². The van der Waals surface area contributed by atoms with Crippen LogP contribution >= 0.6 is 39.9 Å². The van der Waals surface area contributed by atoms with Crippen molar-refractivity contribution in [2.24, 2.45) is 0 Å². The van der Waals surface area contributed by atoms with E-state index in [4.69, 9.17) is 11.6 Å². The molecule has 0 aliphatic rings. The first-order valence-electron chi connectivity index (χ1n) is 5.06. The van der Waals surface area contributed by atoms with Crippen molar-refractivity contribution in [1.29, 1.82) is 0 Å². The van der Waals surface area contributed by atoms with Crippen LogP contribution in [-0.2, 0) is 6.42 Å². The third kappa shape index (κ3) is 4.40. The molecule has 0 spiro atoms. The SMILES string of the molecule is Cl.Clc1ncc(Br)c(NCCc2ccncc2)n1. The van der Waals surface area contributed by atoms with Gasteiger partial charge in [-0.1, -0.05) is 0 Å². The van der Waals surface area contributed by atoms with Crippen LogP contribution in [0.15, 0.2) is 35.2 Å². The van der Waals surface area contributed by atoms with E-state index in [1.54, 1.807) is 18.6 Å². The minimum Gasteiger partial charge on any atom is -0.369 e. The van der Waals surface area contributed by atoms with E-state index < -0.39 is 0 Å². The van der Waals surface area contributed by atoms with Gasteiger partial charge < -0.3 is 5.32 Å². The first-order valence-corrected chi connectivity index (χ1v) is 6.23. The molecule has 2 aromatic rings. The average Bonchev–Trinajstić information content (AvgIpc) is 2.35. The second-order valence-electron chi connectivity index (χ2n) is 3.37. The Bertz CT molecular complexity index is 496. The van der Waals surface area contributed by atoms with Crippen molar-refractivity contribution in [1.82, 2.24) is 15.0 Å². The maximum Gasteiger partial charge on any atom is 0.224 e. The molecular formula is C11H11BrCl2N4. The second-order valence-corrected chi connectivity index (χ2v) is 4.56. The Morgan fingerprint density at radius 2 is 2.00 bits per heavy atom. The zero-order valence-electron chi connectivity index (χ0n) is 9.31. The average molecular weight is 350 g/mol. The number of rotatable bonds is 4. The Balaban J connectivity index is 0.00000162. The lowest BCUT2D eigenvalue weighted by Gasteiger charge is -2.07. The standard InChI is InChI=1S/C11H10BrClN4.ClH/c12-9-7-16-11(13)17-10(9)15-6-3-8-1-4-14-5-2-8;/h1-2,4-5,7H,3,6H2,(H,15,16,17);1H. The van der Waals surface area contributed by atoms with Crippen LogP contribution in [0.5, 0.6) is 0 Å². The summed E-state index contributed by atoms with van der Waals surface area (Å²) in [6.45, 7) is 0.774. The van der Waals surface area contributed by atoms with Gasteiger partial charge >= 0.3 is 0 Å². The highest BCUT2D eigenvalue weighted by Gasteiger charge is 2.02. The van der Waals surface area contributed by atoms with E-state index in [2.05, 4.69) is 36.2 Å². The fourth-order valence-corrected chi connectivity index (χ4v) is 1.81. The van der Waals surface area contributed by atoms with Gasteiger partial charge in [-0.3, -0.25) is 4.98 Å². The molecule has 0 unspecified atom stereocenters. The number of anilines is 1. The van der Waals surface area contributed by atoms with Gasteiger partial charge in [0.1, 0.15) is 5.82 Å². The molecule has 0 saturated heterocycles. The molecule has 4 nitrogen and oxygen atoms in total. The molecule has 96 valence electrons. The van der Waals surface area contributed by atoms with Gasteiger partial charge in [-0.05, 0) is 51.6 Å². The molecule has 2 heterocycles. The van der Waals surface area contributed by atoms with Gasteiger partial charge in [-0.25, -0.2) is 4.98 Å². The molecule has 0 saturated carbocycles. The highest BCUT2D eigenvalue weighted by atomic mass is 79.9. The Morgan fingerprint density at radius 1 is 1.28 bits per heavy atom. The van der Waals surface area contributed by atoms with Gasteiger partial charge in [0.05, 0.1) is 4.47 Å². The van der Waals surface area contributed by atoms with Crippen LogP contribution in [0, 0.1) is 0 Å². The Hall–Kier alpha value is -0.910. The largest absolute Gasteiger partial charge is 0.369 e. The maximum absolute atomic E-state index is 5.72. The number of nitrogens with zero attached hydrogens (tertiary/aromatic N) is 3. The number of nitrogens with one attached hydrogen (secondary N) is 1. The summed E-state index contributed by atoms with van der Waals surface area (Å²) in [5.41, 5.74) is 1.23. The van der Waals surface area contributed by atoms with Gasteiger partial charge in [0.2, 0.25) is 5.28 Å². The molecule has 2 aromatic heterocycles. The van der Waals surface area contributed by atoms with Crippen molar-refractivity contribution in [3.05, 3.63) is 46.0 Å². The molecule has 0 atom stereocenters. The third-order valence-corrected chi connectivity index (χ3v) is 2.93. The van der Waals surface area contributed by atoms with E-state index in [0.29, 0.717) is 5.82 Å². The molecule has 0 fully saturated rings. The fraction of sp³-hybridized carbons (Fsp3) is 0.182. The fourth-order valence-electron chi connectivity index (χ4n) is 1.34. The predicted molar refractivity (Wildman–Crippen MR) is 78.4 cm³/mol. The van der Waals surface area contributed by atoms with Gasteiger partial charge in [-0.2, -0.15) is 4.98 Å². The third-order valence-electron chi connectivity index (χ3n) is 2.17. The zero-order chi connectivity index (χ0) is 12.1. The highest BCUT2D eigenvalue weighted by Crippen LogP contribution is 2.19. The summed E-state index contributed by atoms with van der Waals surface area (Å²) < 4.78 is 0.802. The molecule has 0 radical (unpaired) electrons. The quantitative estimate of drug-likeness (QED) is 0.860. The number of halogens is 3. The summed E-state index contributed by atoms with van der Waals surface area (Å²) in [5, 5.41) is 3.44. The molecule has 0 aromatic carbocycles. The number of aromatic nitrogens is 3. The summed E-state index contributed by atoms with van der Waals surface area (Å²) >= 11 is 9.08. The Labute approximate surface area is 125 Å². The monoisotopic (exact) mass is 348 g/mol. The number of pyridine rings is 1. The highest BCUT2D eigenvalue weighted by molar-refractivity contribution is 9.10. The van der Waals surface area contributed by atoms with Crippen LogP contribution in [0.25, 0.3) is 0 Å². The number of hydrogen-bond acceptors (Lipinski definition) is 4. The summed E-state index contributed by atoms with van der Waals surface area (Å²) in [5.74, 6) is 0.707. The van der Waals surface area contributed by atoms with Crippen molar-refractivity contribution in [2.45, 2.75) is 6.42 Å². The second kappa shape index (κ2) is 7.51. The molecule has 18 heavy (non-hydrogen) atoms. The molecule has 7 heteroatoms. The van der Waals surface area contributed by atoms with Crippen LogP contribution in [0.2, 0.25) is 5.28 Å². The molecule has 0 aliphatic carbocycles. The molecule has 0 amide bonds. The molecule has 0 aliphatic heterocycles. The zero-order valence-corrected chi connectivity index (χ0v) is 12.5. The molecule has 0 bridgehead atoms. The minimum absolute atomic E-state index is 0. The Kier molecular flexibility index (Phi) is 6.32. The Morgan fingerprint density at radius 3 is 2.72 bits per heavy atom. The summed E-state index contributed by atoms with van der Waals surface area (Å²) in [6.07, 6.45) is 6.10. The van der Waals surface area contributed by atoms with Crippen LogP contribution < -0.4 is 5.32 Å². The normalized spacial score (nSPS) is 9.67. The molecule has 1 N–H and O–H groups in total. The maximum atomic E-state index is 5.72. The minimum atomic E-state index is 0. The van der Waals surface area contributed by atoms with Crippen molar-refractivity contribution in [2.75, 3.05) is 11.9 Å². The van der Waals surface area contributed by atoms with Gasteiger partial charge in [0, 0.05) is 25.1 Å². The lowest BCUT2D eigenvalue weighted by atomic mass is 10.2. The first kappa shape index (κ1) is 15.1. The van der Waals surface area contributed by atoms with E-state index in [0.717, 1.165) is 17.4 Å². The first-order chi connectivity index (χ1) is 8.25.